The van der Waals surface area contributed by atoms with Gasteiger partial charge in [0.25, 0.3) is 0 Å². The third-order valence-electron chi connectivity index (χ3n) is 5.35. The van der Waals surface area contributed by atoms with E-state index in [1.165, 1.54) is 51.7 Å². The number of nitrogens with one attached hydrogen (secondary N) is 1. The van der Waals surface area contributed by atoms with Crippen molar-refractivity contribution in [2.75, 3.05) is 26.2 Å². The van der Waals surface area contributed by atoms with Crippen molar-refractivity contribution in [3.63, 3.8) is 0 Å². The Morgan fingerprint density at radius 3 is 2.83 bits per heavy atom. The highest BCUT2D eigenvalue weighted by Gasteiger charge is 2.39. The van der Waals surface area contributed by atoms with E-state index in [9.17, 15) is 0 Å². The van der Waals surface area contributed by atoms with Crippen molar-refractivity contribution in [2.24, 2.45) is 0 Å². The van der Waals surface area contributed by atoms with E-state index in [-0.39, 0.29) is 0 Å². The first kappa shape index (κ1) is 12.9. The lowest BCUT2D eigenvalue weighted by Crippen LogP contribution is -2.57. The first-order valence-corrected chi connectivity index (χ1v) is 8.01. The summed E-state index contributed by atoms with van der Waals surface area (Å²) in [5.74, 6) is 0. The van der Waals surface area contributed by atoms with E-state index in [0.717, 1.165) is 30.7 Å². The van der Waals surface area contributed by atoms with Crippen molar-refractivity contribution in [3.05, 3.63) is 0 Å². The second-order valence-corrected chi connectivity index (χ2v) is 6.56. The first-order valence-electron chi connectivity index (χ1n) is 8.01. The van der Waals surface area contributed by atoms with Gasteiger partial charge >= 0.3 is 0 Å². The van der Waals surface area contributed by atoms with Gasteiger partial charge in [0.1, 0.15) is 0 Å². The van der Waals surface area contributed by atoms with Crippen molar-refractivity contribution in [3.8, 4) is 0 Å². The fraction of sp³-hybridized carbons (Fsp3) is 1.00. The van der Waals surface area contributed by atoms with Gasteiger partial charge < -0.3 is 5.32 Å². The fourth-order valence-corrected chi connectivity index (χ4v) is 4.45. The molecule has 4 unspecified atom stereocenters. The Morgan fingerprint density at radius 2 is 2.00 bits per heavy atom. The smallest absolute Gasteiger partial charge is 0.0224 e. The lowest BCUT2D eigenvalue weighted by Gasteiger charge is -2.45. The summed E-state index contributed by atoms with van der Waals surface area (Å²) in [4.78, 5) is 5.57. The lowest BCUT2D eigenvalue weighted by molar-refractivity contribution is 0.0291. The maximum absolute atomic E-state index is 3.64. The van der Waals surface area contributed by atoms with Crippen LogP contribution in [0, 0.1) is 0 Å². The lowest BCUT2D eigenvalue weighted by atomic mass is 10.0. The molecule has 1 N–H and O–H groups in total. The molecule has 0 aromatic heterocycles. The molecule has 0 aromatic carbocycles. The minimum atomic E-state index is 0.768. The summed E-state index contributed by atoms with van der Waals surface area (Å²) in [7, 11) is 0. The van der Waals surface area contributed by atoms with E-state index in [1.807, 2.05) is 0 Å². The highest BCUT2D eigenvalue weighted by atomic mass is 15.3. The van der Waals surface area contributed by atoms with Crippen LogP contribution in [0.25, 0.3) is 0 Å². The Kier molecular flexibility index (Phi) is 3.92. The Balaban J connectivity index is 1.58. The quantitative estimate of drug-likeness (QED) is 0.823. The number of fused-ring (bicyclic) bond motifs is 1. The largest absolute Gasteiger partial charge is 0.314 e. The molecule has 2 aliphatic heterocycles. The van der Waals surface area contributed by atoms with Crippen molar-refractivity contribution in [1.29, 1.82) is 0 Å². The third-order valence-corrected chi connectivity index (χ3v) is 5.35. The summed E-state index contributed by atoms with van der Waals surface area (Å²) >= 11 is 0. The Hall–Kier alpha value is -0.120. The second-order valence-electron chi connectivity index (χ2n) is 6.56. The normalized spacial score (nSPS) is 42.3. The molecular formula is C15H29N3. The van der Waals surface area contributed by atoms with Crippen molar-refractivity contribution in [1.82, 2.24) is 15.1 Å². The molecule has 3 rings (SSSR count). The van der Waals surface area contributed by atoms with Gasteiger partial charge in [-0.2, -0.15) is 0 Å². The van der Waals surface area contributed by atoms with E-state index in [4.69, 9.17) is 0 Å². The molecule has 0 bridgehead atoms. The van der Waals surface area contributed by atoms with E-state index in [1.54, 1.807) is 0 Å². The fourth-order valence-electron chi connectivity index (χ4n) is 4.45. The van der Waals surface area contributed by atoms with Crippen molar-refractivity contribution < 1.29 is 0 Å². The summed E-state index contributed by atoms with van der Waals surface area (Å²) in [6.45, 7) is 9.80. The van der Waals surface area contributed by atoms with Crippen LogP contribution >= 0.6 is 0 Å². The van der Waals surface area contributed by atoms with Gasteiger partial charge in [0.2, 0.25) is 0 Å². The summed E-state index contributed by atoms with van der Waals surface area (Å²) in [5.41, 5.74) is 0. The van der Waals surface area contributed by atoms with Crippen LogP contribution in [0.1, 0.15) is 46.0 Å². The van der Waals surface area contributed by atoms with Gasteiger partial charge in [-0.1, -0.05) is 6.92 Å². The minimum absolute atomic E-state index is 0.768. The van der Waals surface area contributed by atoms with Gasteiger partial charge in [0, 0.05) is 37.3 Å². The molecule has 104 valence electrons. The summed E-state index contributed by atoms with van der Waals surface area (Å²) in [6, 6.07) is 3.28. The standard InChI is InChI=1S/C15H29N3/c1-3-16-13-6-7-14(9-13)18-11-15-5-4-8-17(15)10-12(18)2/h12-16H,3-11H2,1-2H3. The van der Waals surface area contributed by atoms with Crippen LogP contribution < -0.4 is 5.32 Å². The topological polar surface area (TPSA) is 18.5 Å². The van der Waals surface area contributed by atoms with Gasteiger partial charge in [0.05, 0.1) is 0 Å². The van der Waals surface area contributed by atoms with Crippen LogP contribution in [0.4, 0.5) is 0 Å². The van der Waals surface area contributed by atoms with Crippen molar-refractivity contribution in [2.45, 2.75) is 70.1 Å². The maximum atomic E-state index is 3.64. The second kappa shape index (κ2) is 5.48. The SMILES string of the molecule is CCNC1CCC(N2CC3CCCN3CC2C)C1. The number of rotatable bonds is 3. The molecule has 4 atom stereocenters. The third kappa shape index (κ3) is 2.45. The Bertz CT molecular complexity index is 281. The van der Waals surface area contributed by atoms with Gasteiger partial charge in [-0.25, -0.2) is 0 Å². The van der Waals surface area contributed by atoms with Crippen LogP contribution in [-0.4, -0.2) is 60.1 Å². The number of nitrogens with zero attached hydrogens (tertiary/aromatic N) is 2. The van der Waals surface area contributed by atoms with E-state index in [2.05, 4.69) is 29.0 Å². The number of hydrogen-bond donors (Lipinski definition) is 1. The maximum Gasteiger partial charge on any atom is 0.0224 e. The number of hydrogen-bond acceptors (Lipinski definition) is 3. The van der Waals surface area contributed by atoms with Gasteiger partial charge in [-0.15, -0.1) is 0 Å². The van der Waals surface area contributed by atoms with Crippen LogP contribution in [0.15, 0.2) is 0 Å². The van der Waals surface area contributed by atoms with Crippen LogP contribution in [0.3, 0.4) is 0 Å². The minimum Gasteiger partial charge on any atom is -0.314 e. The summed E-state index contributed by atoms with van der Waals surface area (Å²) in [6.07, 6.45) is 7.04. The highest BCUT2D eigenvalue weighted by molar-refractivity contribution is 4.96. The van der Waals surface area contributed by atoms with Crippen LogP contribution in [0.2, 0.25) is 0 Å². The molecule has 0 radical (unpaired) electrons. The molecule has 3 fully saturated rings. The van der Waals surface area contributed by atoms with Gasteiger partial charge in [-0.05, 0) is 52.1 Å². The molecule has 3 aliphatic rings. The van der Waals surface area contributed by atoms with Crippen molar-refractivity contribution >= 4 is 0 Å². The Labute approximate surface area is 112 Å². The molecule has 0 amide bonds. The highest BCUT2D eigenvalue weighted by Crippen LogP contribution is 2.31. The first-order chi connectivity index (χ1) is 8.78. The van der Waals surface area contributed by atoms with Gasteiger partial charge in [0.15, 0.2) is 0 Å². The van der Waals surface area contributed by atoms with E-state index in [0.29, 0.717) is 0 Å². The molecule has 0 aromatic rings. The summed E-state index contributed by atoms with van der Waals surface area (Å²) < 4.78 is 0. The molecular weight excluding hydrogens is 222 g/mol. The molecule has 3 nitrogen and oxygen atoms in total. The van der Waals surface area contributed by atoms with Gasteiger partial charge in [-0.3, -0.25) is 9.80 Å². The molecule has 1 saturated carbocycles. The predicted octanol–water partition coefficient (Wildman–Crippen LogP) is 1.69. The van der Waals surface area contributed by atoms with E-state index >= 15 is 0 Å². The summed E-state index contributed by atoms with van der Waals surface area (Å²) in [5, 5.41) is 3.64. The average Bonchev–Trinajstić information content (AvgIpc) is 2.96. The monoisotopic (exact) mass is 251 g/mol. The zero-order valence-electron chi connectivity index (χ0n) is 12.1. The molecule has 3 heteroatoms. The molecule has 0 spiro atoms. The zero-order valence-corrected chi connectivity index (χ0v) is 12.1. The average molecular weight is 251 g/mol. The molecule has 1 aliphatic carbocycles. The Morgan fingerprint density at radius 1 is 1.11 bits per heavy atom. The zero-order chi connectivity index (χ0) is 12.5. The predicted molar refractivity (Wildman–Crippen MR) is 75.9 cm³/mol. The van der Waals surface area contributed by atoms with E-state index < -0.39 is 0 Å². The molecule has 2 heterocycles. The number of piperazine rings is 1. The van der Waals surface area contributed by atoms with Crippen LogP contribution in [0.5, 0.6) is 0 Å². The van der Waals surface area contributed by atoms with Crippen LogP contribution in [-0.2, 0) is 0 Å². The molecule has 18 heavy (non-hydrogen) atoms. The molecule has 2 saturated heterocycles.